The van der Waals surface area contributed by atoms with Crippen LogP contribution < -0.4 is 4.72 Å². The molecule has 1 aliphatic rings. The van der Waals surface area contributed by atoms with E-state index in [0.717, 1.165) is 25.0 Å². The Kier molecular flexibility index (Phi) is 3.99. The highest BCUT2D eigenvalue weighted by Crippen LogP contribution is 2.45. The fraction of sp³-hybridized carbons (Fsp3) is 0.333. The van der Waals surface area contributed by atoms with Crippen molar-refractivity contribution in [2.75, 3.05) is 6.54 Å². The van der Waals surface area contributed by atoms with Gasteiger partial charge < -0.3 is 9.52 Å². The van der Waals surface area contributed by atoms with E-state index >= 15 is 0 Å². The fourth-order valence-electron chi connectivity index (χ4n) is 2.48. The van der Waals surface area contributed by atoms with Crippen molar-refractivity contribution >= 4 is 10.0 Å². The lowest BCUT2D eigenvalue weighted by Gasteiger charge is -2.26. The summed E-state index contributed by atoms with van der Waals surface area (Å²) in [4.78, 5) is -0.796. The number of aliphatic hydroxyl groups is 1. The molecule has 0 aliphatic heterocycles. The summed E-state index contributed by atoms with van der Waals surface area (Å²) in [6, 6.07) is 5.31. The van der Waals surface area contributed by atoms with Gasteiger partial charge in [-0.3, -0.25) is 0 Å². The van der Waals surface area contributed by atoms with E-state index in [0.29, 0.717) is 6.07 Å². The third-order valence-corrected chi connectivity index (χ3v) is 5.33. The van der Waals surface area contributed by atoms with E-state index in [9.17, 15) is 22.3 Å². The van der Waals surface area contributed by atoms with Gasteiger partial charge in [-0.25, -0.2) is 21.9 Å². The minimum Gasteiger partial charge on any atom is -0.466 e. The lowest BCUT2D eigenvalue weighted by molar-refractivity contribution is -0.00225. The molecule has 0 unspecified atom stereocenters. The zero-order chi connectivity index (χ0) is 16.7. The number of sulfonamides is 1. The van der Waals surface area contributed by atoms with Crippen LogP contribution in [0.4, 0.5) is 8.78 Å². The molecule has 1 aromatic carbocycles. The normalized spacial score (nSPS) is 17.9. The Labute approximate surface area is 132 Å². The summed E-state index contributed by atoms with van der Waals surface area (Å²) >= 11 is 0. The lowest BCUT2D eigenvalue weighted by Crippen LogP contribution is -2.42. The number of halogens is 2. The van der Waals surface area contributed by atoms with Crippen LogP contribution in [-0.2, 0) is 15.6 Å². The molecule has 8 heteroatoms. The average molecular weight is 343 g/mol. The van der Waals surface area contributed by atoms with Gasteiger partial charge in [-0.1, -0.05) is 0 Å². The van der Waals surface area contributed by atoms with Crippen LogP contribution in [0.3, 0.4) is 0 Å². The molecule has 0 radical (unpaired) electrons. The van der Waals surface area contributed by atoms with Crippen molar-refractivity contribution in [1.29, 1.82) is 0 Å². The largest absolute Gasteiger partial charge is 0.466 e. The maximum atomic E-state index is 13.7. The highest BCUT2D eigenvalue weighted by molar-refractivity contribution is 7.89. The van der Waals surface area contributed by atoms with Gasteiger partial charge in [0.25, 0.3) is 0 Å². The van der Waals surface area contributed by atoms with Crippen molar-refractivity contribution in [3.8, 4) is 0 Å². The zero-order valence-electron chi connectivity index (χ0n) is 12.0. The minimum absolute atomic E-state index is 0.145. The minimum atomic E-state index is -4.31. The molecule has 0 spiro atoms. The Morgan fingerprint density at radius 3 is 2.65 bits per heavy atom. The summed E-state index contributed by atoms with van der Waals surface area (Å²) in [6.07, 6.45) is 2.84. The van der Waals surface area contributed by atoms with E-state index in [1.807, 2.05) is 0 Å². The van der Waals surface area contributed by atoms with Crippen LogP contribution >= 0.6 is 0 Å². The number of benzene rings is 1. The van der Waals surface area contributed by atoms with Gasteiger partial charge in [0.15, 0.2) is 0 Å². The van der Waals surface area contributed by atoms with E-state index in [-0.39, 0.29) is 18.2 Å². The molecule has 124 valence electrons. The molecule has 2 N–H and O–H groups in total. The van der Waals surface area contributed by atoms with E-state index in [1.54, 1.807) is 12.1 Å². The second kappa shape index (κ2) is 5.70. The molecule has 1 aliphatic carbocycles. The topological polar surface area (TPSA) is 79.5 Å². The molecule has 3 rings (SSSR count). The third-order valence-electron chi connectivity index (χ3n) is 3.92. The Morgan fingerprint density at radius 1 is 1.30 bits per heavy atom. The maximum absolute atomic E-state index is 13.7. The van der Waals surface area contributed by atoms with Crippen LogP contribution in [0, 0.1) is 17.6 Å². The van der Waals surface area contributed by atoms with Crippen molar-refractivity contribution < 1.29 is 26.7 Å². The Hall–Kier alpha value is -1.77. The van der Waals surface area contributed by atoms with Crippen molar-refractivity contribution in [3.63, 3.8) is 0 Å². The summed E-state index contributed by atoms with van der Waals surface area (Å²) in [6.45, 7) is -0.385. The number of hydrogen-bond acceptors (Lipinski definition) is 4. The number of hydrogen-bond donors (Lipinski definition) is 2. The fourth-order valence-corrected chi connectivity index (χ4v) is 3.64. The molecule has 1 atom stereocenters. The van der Waals surface area contributed by atoms with Gasteiger partial charge >= 0.3 is 0 Å². The number of furan rings is 1. The first-order chi connectivity index (χ1) is 10.8. The van der Waals surface area contributed by atoms with Crippen LogP contribution in [-0.4, -0.2) is 20.1 Å². The van der Waals surface area contributed by atoms with E-state index in [1.165, 1.54) is 6.26 Å². The molecule has 1 saturated carbocycles. The highest BCUT2D eigenvalue weighted by atomic mass is 32.2. The van der Waals surface area contributed by atoms with Crippen molar-refractivity contribution in [1.82, 2.24) is 4.72 Å². The molecule has 1 heterocycles. The Morgan fingerprint density at radius 2 is 2.04 bits per heavy atom. The van der Waals surface area contributed by atoms with Crippen molar-refractivity contribution in [2.45, 2.75) is 23.3 Å². The van der Waals surface area contributed by atoms with Crippen molar-refractivity contribution in [3.05, 3.63) is 54.0 Å². The lowest BCUT2D eigenvalue weighted by atomic mass is 9.95. The molecular formula is C15H15F2NO4S. The zero-order valence-corrected chi connectivity index (χ0v) is 12.8. The first kappa shape index (κ1) is 16.1. The molecule has 0 amide bonds. The first-order valence-electron chi connectivity index (χ1n) is 7.04. The monoisotopic (exact) mass is 343 g/mol. The molecule has 0 bridgehead atoms. The van der Waals surface area contributed by atoms with Gasteiger partial charge in [0.1, 0.15) is 27.9 Å². The molecular weight excluding hydrogens is 328 g/mol. The van der Waals surface area contributed by atoms with Crippen molar-refractivity contribution in [2.24, 2.45) is 5.92 Å². The molecule has 1 fully saturated rings. The second-order valence-electron chi connectivity index (χ2n) is 5.58. The van der Waals surface area contributed by atoms with Crippen LogP contribution in [0.15, 0.2) is 45.9 Å². The first-order valence-corrected chi connectivity index (χ1v) is 8.52. The molecule has 1 aromatic heterocycles. The predicted molar refractivity (Wildman–Crippen MR) is 76.9 cm³/mol. The van der Waals surface area contributed by atoms with Gasteiger partial charge in [0, 0.05) is 6.54 Å². The van der Waals surface area contributed by atoms with Crippen LogP contribution in [0.25, 0.3) is 0 Å². The summed E-state index contributed by atoms with van der Waals surface area (Å²) < 4.78 is 58.6. The quantitative estimate of drug-likeness (QED) is 0.842. The van der Waals surface area contributed by atoms with Gasteiger partial charge in [-0.05, 0) is 49.1 Å². The Bertz CT molecular complexity index is 803. The summed E-state index contributed by atoms with van der Waals surface area (Å²) in [5, 5.41) is 10.8. The van der Waals surface area contributed by atoms with Gasteiger partial charge in [0.05, 0.1) is 6.26 Å². The molecule has 23 heavy (non-hydrogen) atoms. The predicted octanol–water partition coefficient (Wildman–Crippen LogP) is 2.13. The molecule has 5 nitrogen and oxygen atoms in total. The van der Waals surface area contributed by atoms with Crippen LogP contribution in [0.2, 0.25) is 0 Å². The van der Waals surface area contributed by atoms with E-state index < -0.39 is 32.2 Å². The summed E-state index contributed by atoms with van der Waals surface area (Å²) in [5.74, 6) is -1.83. The molecule has 2 aromatic rings. The summed E-state index contributed by atoms with van der Waals surface area (Å²) in [5.41, 5.74) is -1.51. The number of nitrogens with one attached hydrogen (secondary N) is 1. The SMILES string of the molecule is O=S(=O)(NC[C@](O)(c1ccco1)C1CC1)c1cc(F)ccc1F. The third kappa shape index (κ3) is 3.15. The van der Waals surface area contributed by atoms with E-state index in [2.05, 4.69) is 4.72 Å². The highest BCUT2D eigenvalue weighted by Gasteiger charge is 2.47. The second-order valence-corrected chi connectivity index (χ2v) is 7.31. The van der Waals surface area contributed by atoms with E-state index in [4.69, 9.17) is 4.42 Å². The maximum Gasteiger partial charge on any atom is 0.243 e. The van der Waals surface area contributed by atoms with Crippen LogP contribution in [0.1, 0.15) is 18.6 Å². The standard InChI is InChI=1S/C15H15F2NO4S/c16-11-5-6-12(17)13(8-11)23(20,21)18-9-15(19,10-3-4-10)14-2-1-7-22-14/h1-2,5-8,10,18-19H,3-4,9H2/t15-/m1/s1. The summed E-state index contributed by atoms with van der Waals surface area (Å²) in [7, 11) is -4.31. The average Bonchev–Trinajstić information content (AvgIpc) is 3.22. The molecule has 0 saturated heterocycles. The van der Waals surface area contributed by atoms with Gasteiger partial charge in [-0.2, -0.15) is 0 Å². The van der Waals surface area contributed by atoms with Gasteiger partial charge in [-0.15, -0.1) is 0 Å². The Balaban J connectivity index is 1.85. The van der Waals surface area contributed by atoms with Gasteiger partial charge in [0.2, 0.25) is 10.0 Å². The smallest absolute Gasteiger partial charge is 0.243 e. The number of rotatable bonds is 6. The van der Waals surface area contributed by atoms with Crippen LogP contribution in [0.5, 0.6) is 0 Å².